The van der Waals surface area contributed by atoms with Crippen LogP contribution in [0.2, 0.25) is 5.02 Å². The number of para-hydroxylation sites is 2. The second-order valence-corrected chi connectivity index (χ2v) is 6.57. The molecule has 164 valence electrons. The quantitative estimate of drug-likeness (QED) is 0.545. The third-order valence-corrected chi connectivity index (χ3v) is 4.34. The highest BCUT2D eigenvalue weighted by molar-refractivity contribution is 6.32. The van der Waals surface area contributed by atoms with E-state index in [4.69, 9.17) is 26.2 Å². The fourth-order valence-electron chi connectivity index (χ4n) is 2.64. The molecule has 0 unspecified atom stereocenters. The van der Waals surface area contributed by atoms with Gasteiger partial charge in [-0.2, -0.15) is 13.5 Å². The van der Waals surface area contributed by atoms with Crippen molar-refractivity contribution in [3.05, 3.63) is 63.5 Å². The minimum Gasteiger partial charge on any atom is -0.489 e. The van der Waals surface area contributed by atoms with Crippen LogP contribution in [0.25, 0.3) is 5.69 Å². The van der Waals surface area contributed by atoms with E-state index in [0.717, 1.165) is 12.1 Å². The van der Waals surface area contributed by atoms with Crippen LogP contribution in [0.15, 0.2) is 41.2 Å². The molecule has 8 nitrogen and oxygen atoms in total. The molecule has 0 aliphatic rings. The lowest BCUT2D eigenvalue weighted by Gasteiger charge is -2.14. The van der Waals surface area contributed by atoms with Crippen LogP contribution in [0.4, 0.5) is 13.2 Å². The van der Waals surface area contributed by atoms with Gasteiger partial charge in [0.05, 0.1) is 18.1 Å². The number of alkyl halides is 2. The molecule has 0 spiro atoms. The largest absolute Gasteiger partial charge is 0.489 e. The third kappa shape index (κ3) is 4.82. The molecule has 1 N–H and O–H groups in total. The number of halogens is 4. The number of rotatable bonds is 8. The van der Waals surface area contributed by atoms with Crippen LogP contribution in [0.5, 0.6) is 17.2 Å². The smallest absolute Gasteiger partial charge is 0.355 e. The predicted molar refractivity (Wildman–Crippen MR) is 103 cm³/mol. The molecule has 3 rings (SSSR count). The first kappa shape index (κ1) is 22.2. The Labute approximate surface area is 178 Å². The summed E-state index contributed by atoms with van der Waals surface area (Å²) in [6.45, 7) is -2.10. The minimum absolute atomic E-state index is 0.108. The summed E-state index contributed by atoms with van der Waals surface area (Å²) < 4.78 is 52.3. The first-order valence-corrected chi connectivity index (χ1v) is 9.14. The molecule has 0 radical (unpaired) electrons. The lowest BCUT2D eigenvalue weighted by atomic mass is 10.2. The molecule has 0 aliphatic carbocycles. The standard InChI is InChI=1S/C19H15ClF3N3O5/c1-10-24-26(19(29)25(10)18(22)23)13-9-16(11(20)8-12(13)21)31-15-5-3-2-4-14(15)30-7-6-17(27)28/h2-5,8-9,18H,6-7H2,1H3,(H,27,28). The molecule has 0 saturated heterocycles. The Morgan fingerprint density at radius 3 is 2.52 bits per heavy atom. The Morgan fingerprint density at radius 1 is 1.23 bits per heavy atom. The number of carboxylic acid groups (broad SMARTS) is 1. The van der Waals surface area contributed by atoms with Crippen molar-refractivity contribution in [3.63, 3.8) is 0 Å². The van der Waals surface area contributed by atoms with E-state index < -0.39 is 29.7 Å². The van der Waals surface area contributed by atoms with Gasteiger partial charge in [-0.05, 0) is 25.1 Å². The van der Waals surface area contributed by atoms with Gasteiger partial charge in [-0.3, -0.25) is 4.79 Å². The minimum atomic E-state index is -3.15. The predicted octanol–water partition coefficient (Wildman–Crippen LogP) is 4.18. The average molecular weight is 458 g/mol. The number of aliphatic carboxylic acids is 1. The van der Waals surface area contributed by atoms with Gasteiger partial charge >= 0.3 is 18.2 Å². The van der Waals surface area contributed by atoms with Crippen LogP contribution in [0.1, 0.15) is 18.8 Å². The van der Waals surface area contributed by atoms with Crippen LogP contribution in [-0.2, 0) is 4.79 Å². The number of aromatic nitrogens is 3. The highest BCUT2D eigenvalue weighted by atomic mass is 35.5. The summed E-state index contributed by atoms with van der Waals surface area (Å²) in [6.07, 6.45) is -0.245. The number of nitrogens with zero attached hydrogens (tertiary/aromatic N) is 3. The number of aryl methyl sites for hydroxylation is 1. The van der Waals surface area contributed by atoms with Crippen LogP contribution >= 0.6 is 11.6 Å². The van der Waals surface area contributed by atoms with Crippen molar-refractivity contribution in [2.45, 2.75) is 19.9 Å². The molecule has 2 aromatic carbocycles. The maximum atomic E-state index is 14.5. The molecule has 0 fully saturated rings. The Bertz CT molecular complexity index is 1180. The molecule has 1 aromatic heterocycles. The number of hydrogen-bond donors (Lipinski definition) is 1. The second-order valence-electron chi connectivity index (χ2n) is 6.16. The number of carbonyl (C=O) groups is 1. The Hall–Kier alpha value is -3.47. The molecule has 3 aromatic rings. The van der Waals surface area contributed by atoms with E-state index in [9.17, 15) is 22.8 Å². The van der Waals surface area contributed by atoms with Gasteiger partial charge in [0, 0.05) is 6.07 Å². The van der Waals surface area contributed by atoms with Crippen LogP contribution < -0.4 is 15.2 Å². The highest BCUT2D eigenvalue weighted by Gasteiger charge is 2.22. The second kappa shape index (κ2) is 9.13. The van der Waals surface area contributed by atoms with Gasteiger partial charge in [0.2, 0.25) is 0 Å². The normalized spacial score (nSPS) is 11.0. The van der Waals surface area contributed by atoms with Gasteiger partial charge in [0.1, 0.15) is 17.3 Å². The molecule has 31 heavy (non-hydrogen) atoms. The van der Waals surface area contributed by atoms with Gasteiger partial charge in [0.25, 0.3) is 0 Å². The summed E-state index contributed by atoms with van der Waals surface area (Å²) >= 11 is 6.05. The zero-order chi connectivity index (χ0) is 22.7. The van der Waals surface area contributed by atoms with E-state index in [1.807, 2.05) is 0 Å². The molecule has 0 saturated carbocycles. The highest BCUT2D eigenvalue weighted by Crippen LogP contribution is 2.37. The fourth-order valence-corrected chi connectivity index (χ4v) is 2.83. The van der Waals surface area contributed by atoms with E-state index >= 15 is 0 Å². The van der Waals surface area contributed by atoms with Crippen molar-refractivity contribution in [2.24, 2.45) is 0 Å². The molecule has 12 heteroatoms. The molecule has 0 amide bonds. The molecule has 0 bridgehead atoms. The van der Waals surface area contributed by atoms with Gasteiger partial charge in [0.15, 0.2) is 17.3 Å². The summed E-state index contributed by atoms with van der Waals surface area (Å²) in [5.41, 5.74) is -1.69. The average Bonchev–Trinajstić information content (AvgIpc) is 2.99. The van der Waals surface area contributed by atoms with Crippen LogP contribution in [0, 0.1) is 12.7 Å². The van der Waals surface area contributed by atoms with Crippen molar-refractivity contribution in [2.75, 3.05) is 6.61 Å². The SMILES string of the molecule is Cc1nn(-c2cc(Oc3ccccc3OCCC(=O)O)c(Cl)cc2F)c(=O)n1C(F)F. The van der Waals surface area contributed by atoms with E-state index in [2.05, 4.69) is 5.10 Å². The number of carboxylic acids is 1. The number of ether oxygens (including phenoxy) is 2. The van der Waals surface area contributed by atoms with Gasteiger partial charge < -0.3 is 14.6 Å². The maximum Gasteiger partial charge on any atom is 0.355 e. The van der Waals surface area contributed by atoms with Crippen molar-refractivity contribution in [3.8, 4) is 22.9 Å². The molecule has 0 aliphatic heterocycles. The van der Waals surface area contributed by atoms with Gasteiger partial charge in [-0.1, -0.05) is 23.7 Å². The molecule has 0 atom stereocenters. The Kier molecular flexibility index (Phi) is 6.54. The summed E-state index contributed by atoms with van der Waals surface area (Å²) in [5.74, 6) is -2.12. The zero-order valence-corrected chi connectivity index (χ0v) is 16.6. The summed E-state index contributed by atoms with van der Waals surface area (Å²) in [4.78, 5) is 22.9. The summed E-state index contributed by atoms with van der Waals surface area (Å²) in [7, 11) is 0. The summed E-state index contributed by atoms with van der Waals surface area (Å²) in [6, 6.07) is 8.14. The molecular weight excluding hydrogens is 443 g/mol. The van der Waals surface area contributed by atoms with Gasteiger partial charge in [-0.25, -0.2) is 13.8 Å². The van der Waals surface area contributed by atoms with Crippen molar-refractivity contribution in [1.82, 2.24) is 14.3 Å². The van der Waals surface area contributed by atoms with E-state index in [0.29, 0.717) is 4.68 Å². The zero-order valence-electron chi connectivity index (χ0n) is 15.9. The van der Waals surface area contributed by atoms with Crippen molar-refractivity contribution in [1.29, 1.82) is 0 Å². The lowest BCUT2D eigenvalue weighted by molar-refractivity contribution is -0.137. The van der Waals surface area contributed by atoms with E-state index in [-0.39, 0.29) is 45.7 Å². The Morgan fingerprint density at radius 2 is 1.90 bits per heavy atom. The van der Waals surface area contributed by atoms with Crippen molar-refractivity contribution < 1.29 is 32.5 Å². The lowest BCUT2D eigenvalue weighted by Crippen LogP contribution is -2.25. The van der Waals surface area contributed by atoms with Crippen LogP contribution in [0.3, 0.4) is 0 Å². The first-order chi connectivity index (χ1) is 14.7. The van der Waals surface area contributed by atoms with Crippen molar-refractivity contribution >= 4 is 17.6 Å². The molecule has 1 heterocycles. The number of benzene rings is 2. The Balaban J connectivity index is 1.98. The van der Waals surface area contributed by atoms with Crippen LogP contribution in [-0.4, -0.2) is 32.0 Å². The summed E-state index contributed by atoms with van der Waals surface area (Å²) in [5, 5.41) is 12.2. The van der Waals surface area contributed by atoms with E-state index in [1.165, 1.54) is 19.1 Å². The number of hydrogen-bond acceptors (Lipinski definition) is 5. The fraction of sp³-hybridized carbons (Fsp3) is 0.211. The van der Waals surface area contributed by atoms with Gasteiger partial charge in [-0.15, -0.1) is 5.10 Å². The van der Waals surface area contributed by atoms with E-state index in [1.54, 1.807) is 12.1 Å². The molecular formula is C19H15ClF3N3O5. The monoisotopic (exact) mass is 457 g/mol. The third-order valence-electron chi connectivity index (χ3n) is 4.05. The first-order valence-electron chi connectivity index (χ1n) is 8.76. The maximum absolute atomic E-state index is 14.5. The topological polar surface area (TPSA) is 95.6 Å².